The van der Waals surface area contributed by atoms with Gasteiger partial charge in [-0.15, -0.1) is 0 Å². The fourth-order valence-electron chi connectivity index (χ4n) is 2.90. The summed E-state index contributed by atoms with van der Waals surface area (Å²) in [4.78, 5) is 27.7. The number of piperazine rings is 1. The second-order valence-electron chi connectivity index (χ2n) is 6.90. The Hall–Kier alpha value is -1.30. The van der Waals surface area contributed by atoms with E-state index in [0.29, 0.717) is 32.6 Å². The Labute approximate surface area is 126 Å². The van der Waals surface area contributed by atoms with Crippen molar-refractivity contribution in [3.63, 3.8) is 0 Å². The number of hydrogen-bond donors (Lipinski definition) is 1. The molecule has 0 aromatic heterocycles. The van der Waals surface area contributed by atoms with Crippen molar-refractivity contribution in [2.24, 2.45) is 5.92 Å². The Bertz CT molecular complexity index is 397. The van der Waals surface area contributed by atoms with Crippen molar-refractivity contribution in [1.82, 2.24) is 9.80 Å². The number of hydrogen-bond acceptors (Lipinski definition) is 4. The Morgan fingerprint density at radius 1 is 1.05 bits per heavy atom. The number of aliphatic hydroxyl groups excluding tert-OH is 1. The lowest BCUT2D eigenvalue weighted by molar-refractivity contribution is -0.140. The first-order chi connectivity index (χ1) is 9.78. The van der Waals surface area contributed by atoms with Gasteiger partial charge in [0.25, 0.3) is 0 Å². The first kappa shape index (κ1) is 16.1. The molecule has 1 N–H and O–H groups in total. The van der Waals surface area contributed by atoms with Crippen molar-refractivity contribution in [3.8, 4) is 0 Å². The minimum atomic E-state index is -0.502. The highest BCUT2D eigenvalue weighted by atomic mass is 16.6. The van der Waals surface area contributed by atoms with Gasteiger partial charge in [0, 0.05) is 26.2 Å². The van der Waals surface area contributed by atoms with E-state index in [1.54, 1.807) is 9.80 Å². The summed E-state index contributed by atoms with van der Waals surface area (Å²) >= 11 is 0. The highest BCUT2D eigenvalue weighted by Crippen LogP contribution is 2.27. The molecule has 6 heteroatoms. The number of aliphatic hydroxyl groups is 1. The minimum Gasteiger partial charge on any atom is -0.444 e. The van der Waals surface area contributed by atoms with E-state index >= 15 is 0 Å². The lowest BCUT2D eigenvalue weighted by atomic mass is 10.0. The lowest BCUT2D eigenvalue weighted by Gasteiger charge is -2.37. The Morgan fingerprint density at radius 2 is 1.62 bits per heavy atom. The molecule has 1 saturated carbocycles. The van der Waals surface area contributed by atoms with Gasteiger partial charge >= 0.3 is 6.09 Å². The molecule has 0 aromatic rings. The molecule has 0 aromatic carbocycles. The zero-order valence-electron chi connectivity index (χ0n) is 13.2. The number of rotatable bonds is 1. The van der Waals surface area contributed by atoms with Gasteiger partial charge in [0.2, 0.25) is 5.91 Å². The molecule has 0 spiro atoms. The molecule has 0 unspecified atom stereocenters. The second kappa shape index (κ2) is 6.22. The van der Waals surface area contributed by atoms with Gasteiger partial charge in [-0.1, -0.05) is 0 Å². The van der Waals surface area contributed by atoms with Crippen molar-refractivity contribution in [1.29, 1.82) is 0 Å². The summed E-state index contributed by atoms with van der Waals surface area (Å²) in [5.74, 6) is -0.220. The SMILES string of the molecule is CC(C)(C)OC(=O)N1CCN(C(=O)[C@H]2CCC[C@H]2O)CC1. The van der Waals surface area contributed by atoms with E-state index in [1.807, 2.05) is 20.8 Å². The monoisotopic (exact) mass is 298 g/mol. The fourth-order valence-corrected chi connectivity index (χ4v) is 2.90. The van der Waals surface area contributed by atoms with Crippen molar-refractivity contribution < 1.29 is 19.4 Å². The normalized spacial score (nSPS) is 26.9. The quantitative estimate of drug-likeness (QED) is 0.790. The average Bonchev–Trinajstić information content (AvgIpc) is 2.82. The van der Waals surface area contributed by atoms with Crippen molar-refractivity contribution in [3.05, 3.63) is 0 Å². The molecule has 2 rings (SSSR count). The van der Waals surface area contributed by atoms with Gasteiger partial charge in [0.05, 0.1) is 12.0 Å². The van der Waals surface area contributed by atoms with Crippen LogP contribution >= 0.6 is 0 Å². The van der Waals surface area contributed by atoms with Crippen LogP contribution in [-0.2, 0) is 9.53 Å². The van der Waals surface area contributed by atoms with Crippen LogP contribution in [0.4, 0.5) is 4.79 Å². The molecule has 1 aliphatic heterocycles. The van der Waals surface area contributed by atoms with E-state index in [-0.39, 0.29) is 17.9 Å². The van der Waals surface area contributed by atoms with E-state index in [0.717, 1.165) is 12.8 Å². The Kier molecular flexibility index (Phi) is 4.76. The molecule has 2 fully saturated rings. The van der Waals surface area contributed by atoms with Crippen LogP contribution in [0.5, 0.6) is 0 Å². The molecule has 2 aliphatic rings. The van der Waals surface area contributed by atoms with Gasteiger partial charge in [-0.2, -0.15) is 0 Å². The van der Waals surface area contributed by atoms with Crippen LogP contribution in [0, 0.1) is 5.92 Å². The largest absolute Gasteiger partial charge is 0.444 e. The van der Waals surface area contributed by atoms with Crippen molar-refractivity contribution in [2.45, 2.75) is 51.7 Å². The molecule has 1 saturated heterocycles. The summed E-state index contributed by atoms with van der Waals surface area (Å²) in [6, 6.07) is 0. The molecule has 1 aliphatic carbocycles. The number of carbonyl (C=O) groups excluding carboxylic acids is 2. The predicted molar refractivity (Wildman–Crippen MR) is 77.7 cm³/mol. The van der Waals surface area contributed by atoms with Crippen LogP contribution in [0.15, 0.2) is 0 Å². The third-order valence-corrected chi connectivity index (χ3v) is 4.04. The Balaban J connectivity index is 1.83. The standard InChI is InChI=1S/C15H26N2O4/c1-15(2,3)21-14(20)17-9-7-16(8-10-17)13(19)11-5-4-6-12(11)18/h11-12,18H,4-10H2,1-3H3/t11-,12+/m0/s1. The smallest absolute Gasteiger partial charge is 0.410 e. The molecule has 0 bridgehead atoms. The van der Waals surface area contributed by atoms with Crippen LogP contribution in [-0.4, -0.2) is 64.8 Å². The van der Waals surface area contributed by atoms with E-state index in [9.17, 15) is 14.7 Å². The van der Waals surface area contributed by atoms with Gasteiger partial charge < -0.3 is 19.6 Å². The number of amides is 2. The lowest BCUT2D eigenvalue weighted by Crippen LogP contribution is -2.53. The van der Waals surface area contributed by atoms with E-state index in [2.05, 4.69) is 0 Å². The van der Waals surface area contributed by atoms with Crippen LogP contribution in [0.25, 0.3) is 0 Å². The molecule has 120 valence electrons. The van der Waals surface area contributed by atoms with Gasteiger partial charge in [-0.3, -0.25) is 4.79 Å². The molecule has 21 heavy (non-hydrogen) atoms. The van der Waals surface area contributed by atoms with Gasteiger partial charge in [0.1, 0.15) is 5.60 Å². The maximum atomic E-state index is 12.3. The van der Waals surface area contributed by atoms with Gasteiger partial charge in [0.15, 0.2) is 0 Å². The van der Waals surface area contributed by atoms with E-state index in [4.69, 9.17) is 4.74 Å². The average molecular weight is 298 g/mol. The number of nitrogens with zero attached hydrogens (tertiary/aromatic N) is 2. The zero-order valence-corrected chi connectivity index (χ0v) is 13.2. The summed E-state index contributed by atoms with van der Waals surface area (Å²) in [7, 11) is 0. The van der Waals surface area contributed by atoms with Crippen LogP contribution in [0.3, 0.4) is 0 Å². The van der Waals surface area contributed by atoms with Crippen LogP contribution in [0.1, 0.15) is 40.0 Å². The molecule has 2 amide bonds. The topological polar surface area (TPSA) is 70.1 Å². The summed E-state index contributed by atoms with van der Waals surface area (Å²) in [5.41, 5.74) is -0.502. The summed E-state index contributed by atoms with van der Waals surface area (Å²) in [6.07, 6.45) is 1.58. The van der Waals surface area contributed by atoms with E-state index < -0.39 is 11.7 Å². The van der Waals surface area contributed by atoms with Crippen LogP contribution < -0.4 is 0 Å². The molecular weight excluding hydrogens is 272 g/mol. The number of ether oxygens (including phenoxy) is 1. The summed E-state index contributed by atoms with van der Waals surface area (Å²) in [5, 5.41) is 9.83. The third-order valence-electron chi connectivity index (χ3n) is 4.04. The van der Waals surface area contributed by atoms with Crippen molar-refractivity contribution in [2.75, 3.05) is 26.2 Å². The highest BCUT2D eigenvalue weighted by molar-refractivity contribution is 5.80. The third kappa shape index (κ3) is 4.09. The molecular formula is C15H26N2O4. The minimum absolute atomic E-state index is 0.0313. The first-order valence-corrected chi connectivity index (χ1v) is 7.73. The number of carbonyl (C=O) groups is 2. The molecule has 2 atom stereocenters. The molecule has 1 heterocycles. The summed E-state index contributed by atoms with van der Waals surface area (Å²) in [6.45, 7) is 7.53. The molecule has 6 nitrogen and oxygen atoms in total. The highest BCUT2D eigenvalue weighted by Gasteiger charge is 2.36. The maximum Gasteiger partial charge on any atom is 0.410 e. The zero-order chi connectivity index (χ0) is 15.6. The summed E-state index contributed by atoms with van der Waals surface area (Å²) < 4.78 is 5.33. The van der Waals surface area contributed by atoms with Crippen LogP contribution in [0.2, 0.25) is 0 Å². The van der Waals surface area contributed by atoms with Gasteiger partial charge in [-0.05, 0) is 40.0 Å². The Morgan fingerprint density at radius 3 is 2.10 bits per heavy atom. The predicted octanol–water partition coefficient (Wildman–Crippen LogP) is 1.23. The van der Waals surface area contributed by atoms with E-state index in [1.165, 1.54) is 0 Å². The second-order valence-corrected chi connectivity index (χ2v) is 6.90. The first-order valence-electron chi connectivity index (χ1n) is 7.73. The maximum absolute atomic E-state index is 12.3. The fraction of sp³-hybridized carbons (Fsp3) is 0.867. The molecule has 0 radical (unpaired) electrons. The van der Waals surface area contributed by atoms with Crippen molar-refractivity contribution >= 4 is 12.0 Å². The van der Waals surface area contributed by atoms with Gasteiger partial charge in [-0.25, -0.2) is 4.79 Å².